The zero-order valence-corrected chi connectivity index (χ0v) is 13.7. The standard InChI is InChI=1S/C18H18FN3O2/c1-5-18(2,3)22-17(23)15-9-12(19)11-20-16(15)21-13-7-6-8-14(10-13)24-4/h1,6-11H,2-4H3,(H,20,21)(H,22,23). The van der Waals surface area contributed by atoms with Gasteiger partial charge in [0, 0.05) is 11.8 Å². The summed E-state index contributed by atoms with van der Waals surface area (Å²) < 4.78 is 18.7. The Kier molecular flexibility index (Phi) is 5.05. The monoisotopic (exact) mass is 327 g/mol. The topological polar surface area (TPSA) is 63.2 Å². The predicted molar refractivity (Wildman–Crippen MR) is 90.8 cm³/mol. The van der Waals surface area contributed by atoms with Crippen LogP contribution in [0.2, 0.25) is 0 Å². The molecule has 0 aliphatic carbocycles. The predicted octanol–water partition coefficient (Wildman–Crippen LogP) is 3.11. The number of ether oxygens (including phenoxy) is 1. The number of hydrogen-bond donors (Lipinski definition) is 2. The highest BCUT2D eigenvalue weighted by atomic mass is 19.1. The number of nitrogens with zero attached hydrogens (tertiary/aromatic N) is 1. The van der Waals surface area contributed by atoms with Crippen molar-refractivity contribution in [1.29, 1.82) is 0 Å². The summed E-state index contributed by atoms with van der Waals surface area (Å²) in [7, 11) is 1.55. The third-order valence-electron chi connectivity index (χ3n) is 3.22. The Morgan fingerprint density at radius 3 is 2.79 bits per heavy atom. The van der Waals surface area contributed by atoms with Gasteiger partial charge in [0.2, 0.25) is 0 Å². The van der Waals surface area contributed by atoms with Crippen LogP contribution in [0.15, 0.2) is 36.5 Å². The van der Waals surface area contributed by atoms with Gasteiger partial charge >= 0.3 is 0 Å². The summed E-state index contributed by atoms with van der Waals surface area (Å²) in [6.07, 6.45) is 6.41. The molecule has 2 aromatic rings. The largest absolute Gasteiger partial charge is 0.497 e. The van der Waals surface area contributed by atoms with Gasteiger partial charge in [-0.05, 0) is 32.0 Å². The number of halogens is 1. The van der Waals surface area contributed by atoms with E-state index in [-0.39, 0.29) is 11.4 Å². The number of pyridine rings is 1. The second-order valence-electron chi connectivity index (χ2n) is 5.63. The van der Waals surface area contributed by atoms with Crippen LogP contribution in [0.25, 0.3) is 0 Å². The molecule has 24 heavy (non-hydrogen) atoms. The van der Waals surface area contributed by atoms with Crippen molar-refractivity contribution < 1.29 is 13.9 Å². The summed E-state index contributed by atoms with van der Waals surface area (Å²) in [5, 5.41) is 5.64. The van der Waals surface area contributed by atoms with Crippen LogP contribution < -0.4 is 15.4 Å². The number of carbonyl (C=O) groups excluding carboxylic acids is 1. The Bertz CT molecular complexity index is 797. The molecule has 6 heteroatoms. The van der Waals surface area contributed by atoms with E-state index in [1.807, 2.05) is 0 Å². The third kappa shape index (κ3) is 4.23. The van der Waals surface area contributed by atoms with Crippen molar-refractivity contribution >= 4 is 17.4 Å². The Balaban J connectivity index is 2.34. The fourth-order valence-electron chi connectivity index (χ4n) is 1.94. The number of benzene rings is 1. The number of anilines is 2. The van der Waals surface area contributed by atoms with E-state index in [0.29, 0.717) is 11.4 Å². The van der Waals surface area contributed by atoms with Crippen LogP contribution in [0.5, 0.6) is 5.75 Å². The molecule has 1 amide bonds. The average molecular weight is 327 g/mol. The van der Waals surface area contributed by atoms with Crippen molar-refractivity contribution in [1.82, 2.24) is 10.3 Å². The maximum atomic E-state index is 13.5. The first-order valence-corrected chi connectivity index (χ1v) is 7.21. The van der Waals surface area contributed by atoms with Gasteiger partial charge in [0.05, 0.1) is 24.4 Å². The molecule has 0 atom stereocenters. The van der Waals surface area contributed by atoms with Gasteiger partial charge in [-0.25, -0.2) is 9.37 Å². The maximum Gasteiger partial charge on any atom is 0.256 e. The Morgan fingerprint density at radius 2 is 2.12 bits per heavy atom. The number of nitrogens with one attached hydrogen (secondary N) is 2. The van der Waals surface area contributed by atoms with Crippen molar-refractivity contribution in [2.45, 2.75) is 19.4 Å². The Morgan fingerprint density at radius 1 is 1.38 bits per heavy atom. The molecule has 0 saturated carbocycles. The van der Waals surface area contributed by atoms with E-state index >= 15 is 0 Å². The summed E-state index contributed by atoms with van der Waals surface area (Å²) in [6, 6.07) is 8.19. The number of terminal acetylenes is 1. The zero-order valence-electron chi connectivity index (χ0n) is 13.7. The van der Waals surface area contributed by atoms with Gasteiger partial charge in [0.25, 0.3) is 5.91 Å². The maximum absolute atomic E-state index is 13.5. The van der Waals surface area contributed by atoms with E-state index in [1.54, 1.807) is 45.2 Å². The number of aromatic nitrogens is 1. The van der Waals surface area contributed by atoms with Crippen molar-refractivity contribution in [2.24, 2.45) is 0 Å². The molecule has 0 aliphatic rings. The molecule has 0 saturated heterocycles. The van der Waals surface area contributed by atoms with Crippen LogP contribution in [0.3, 0.4) is 0 Å². The van der Waals surface area contributed by atoms with Gasteiger partial charge in [-0.2, -0.15) is 0 Å². The van der Waals surface area contributed by atoms with E-state index < -0.39 is 17.3 Å². The lowest BCUT2D eigenvalue weighted by molar-refractivity contribution is 0.0930. The van der Waals surface area contributed by atoms with E-state index in [1.165, 1.54) is 0 Å². The number of hydrogen-bond acceptors (Lipinski definition) is 4. The second-order valence-corrected chi connectivity index (χ2v) is 5.63. The molecule has 0 bridgehead atoms. The van der Waals surface area contributed by atoms with Crippen molar-refractivity contribution in [3.05, 3.63) is 47.9 Å². The van der Waals surface area contributed by atoms with Crippen LogP contribution in [-0.2, 0) is 0 Å². The molecule has 1 heterocycles. The molecule has 0 unspecified atom stereocenters. The lowest BCUT2D eigenvalue weighted by Crippen LogP contribution is -2.42. The smallest absolute Gasteiger partial charge is 0.256 e. The number of methoxy groups -OCH3 is 1. The zero-order chi connectivity index (χ0) is 17.7. The lowest BCUT2D eigenvalue weighted by atomic mass is 10.1. The minimum absolute atomic E-state index is 0.0566. The highest BCUT2D eigenvalue weighted by Crippen LogP contribution is 2.23. The molecule has 1 aromatic carbocycles. The Hall–Kier alpha value is -3.07. The van der Waals surface area contributed by atoms with E-state index in [4.69, 9.17) is 11.2 Å². The molecule has 2 N–H and O–H groups in total. The molecule has 1 aromatic heterocycles. The van der Waals surface area contributed by atoms with Crippen molar-refractivity contribution in [3.63, 3.8) is 0 Å². The third-order valence-corrected chi connectivity index (χ3v) is 3.22. The van der Waals surface area contributed by atoms with Gasteiger partial charge in [-0.1, -0.05) is 12.0 Å². The number of rotatable bonds is 5. The van der Waals surface area contributed by atoms with Gasteiger partial charge in [-0.3, -0.25) is 4.79 Å². The van der Waals surface area contributed by atoms with Gasteiger partial charge in [0.15, 0.2) is 0 Å². The first-order valence-electron chi connectivity index (χ1n) is 7.21. The van der Waals surface area contributed by atoms with Crippen LogP contribution in [0.1, 0.15) is 24.2 Å². The summed E-state index contributed by atoms with van der Waals surface area (Å²) >= 11 is 0. The summed E-state index contributed by atoms with van der Waals surface area (Å²) in [6.45, 7) is 3.35. The Labute approximate surface area is 140 Å². The molecule has 0 spiro atoms. The van der Waals surface area contributed by atoms with E-state index in [2.05, 4.69) is 21.5 Å². The fourth-order valence-corrected chi connectivity index (χ4v) is 1.94. The molecular formula is C18H18FN3O2. The summed E-state index contributed by atoms with van der Waals surface area (Å²) in [5.41, 5.74) is -0.156. The van der Waals surface area contributed by atoms with Crippen LogP contribution in [0.4, 0.5) is 15.9 Å². The fraction of sp³-hybridized carbons (Fsp3) is 0.222. The SMILES string of the molecule is C#CC(C)(C)NC(=O)c1cc(F)cnc1Nc1cccc(OC)c1. The first kappa shape index (κ1) is 17.3. The average Bonchev–Trinajstić information content (AvgIpc) is 2.56. The molecule has 124 valence electrons. The quantitative estimate of drug-likeness (QED) is 0.828. The number of amides is 1. The van der Waals surface area contributed by atoms with E-state index in [9.17, 15) is 9.18 Å². The molecule has 0 fully saturated rings. The molecule has 5 nitrogen and oxygen atoms in total. The molecule has 2 rings (SSSR count). The second kappa shape index (κ2) is 7.01. The molecule has 0 aliphatic heterocycles. The summed E-state index contributed by atoms with van der Waals surface area (Å²) in [5.74, 6) is 2.18. The molecular weight excluding hydrogens is 309 g/mol. The van der Waals surface area contributed by atoms with Crippen LogP contribution in [-0.4, -0.2) is 23.5 Å². The highest BCUT2D eigenvalue weighted by Gasteiger charge is 2.21. The van der Waals surface area contributed by atoms with Crippen LogP contribution in [0, 0.1) is 18.2 Å². The van der Waals surface area contributed by atoms with Crippen molar-refractivity contribution in [3.8, 4) is 18.1 Å². The van der Waals surface area contributed by atoms with Gasteiger partial charge in [-0.15, -0.1) is 6.42 Å². The number of carbonyl (C=O) groups is 1. The first-order chi connectivity index (χ1) is 11.3. The minimum Gasteiger partial charge on any atom is -0.497 e. The minimum atomic E-state index is -0.864. The van der Waals surface area contributed by atoms with Gasteiger partial charge in [0.1, 0.15) is 17.4 Å². The van der Waals surface area contributed by atoms with Crippen LogP contribution >= 0.6 is 0 Å². The highest BCUT2D eigenvalue weighted by molar-refractivity contribution is 6.00. The lowest BCUT2D eigenvalue weighted by Gasteiger charge is -2.20. The normalized spacial score (nSPS) is 10.6. The summed E-state index contributed by atoms with van der Waals surface area (Å²) in [4.78, 5) is 16.4. The van der Waals surface area contributed by atoms with Gasteiger partial charge < -0.3 is 15.4 Å². The van der Waals surface area contributed by atoms with Crippen molar-refractivity contribution in [2.75, 3.05) is 12.4 Å². The molecule has 0 radical (unpaired) electrons. The van der Waals surface area contributed by atoms with E-state index in [0.717, 1.165) is 12.3 Å².